The maximum Gasteiger partial charge on any atom is 0.0697 e. The van der Waals surface area contributed by atoms with Gasteiger partial charge in [0, 0.05) is 23.2 Å². The minimum Gasteiger partial charge on any atom is -0.375 e. The van der Waals surface area contributed by atoms with Crippen molar-refractivity contribution in [1.29, 1.82) is 0 Å². The van der Waals surface area contributed by atoms with Crippen LogP contribution in [0.3, 0.4) is 0 Å². The molecule has 1 aromatic rings. The highest BCUT2D eigenvalue weighted by Crippen LogP contribution is 2.42. The highest BCUT2D eigenvalue weighted by atomic mass is 79.9. The molecular weight excluding hydrogens is 302 g/mol. The molecule has 0 aromatic heterocycles. The first-order valence-electron chi connectivity index (χ1n) is 7.32. The first kappa shape index (κ1) is 13.6. The van der Waals surface area contributed by atoms with E-state index in [1.165, 1.54) is 31.2 Å². The topological polar surface area (TPSA) is 21.3 Å². The van der Waals surface area contributed by atoms with Crippen molar-refractivity contribution in [3.63, 3.8) is 0 Å². The molecule has 1 heterocycles. The second kappa shape index (κ2) is 5.55. The first-order chi connectivity index (χ1) is 9.17. The Balaban J connectivity index is 1.61. The van der Waals surface area contributed by atoms with E-state index in [1.54, 1.807) is 0 Å². The van der Waals surface area contributed by atoms with Crippen molar-refractivity contribution in [1.82, 2.24) is 5.32 Å². The van der Waals surface area contributed by atoms with Gasteiger partial charge in [-0.05, 0) is 56.7 Å². The molecule has 0 bridgehead atoms. The zero-order valence-electron chi connectivity index (χ0n) is 11.5. The summed E-state index contributed by atoms with van der Waals surface area (Å²) in [7, 11) is 0. The summed E-state index contributed by atoms with van der Waals surface area (Å²) in [5.41, 5.74) is 1.58. The van der Waals surface area contributed by atoms with Crippen LogP contribution in [0, 0.1) is 0 Å². The summed E-state index contributed by atoms with van der Waals surface area (Å²) in [6.45, 7) is 3.17. The average molecular weight is 324 g/mol. The maximum atomic E-state index is 5.99. The molecule has 2 aliphatic rings. The van der Waals surface area contributed by atoms with Gasteiger partial charge in [0.2, 0.25) is 0 Å². The number of nitrogens with one attached hydrogen (secondary N) is 1. The van der Waals surface area contributed by atoms with Gasteiger partial charge in [0.25, 0.3) is 0 Å². The van der Waals surface area contributed by atoms with E-state index in [1.807, 2.05) is 0 Å². The molecule has 2 fully saturated rings. The normalized spacial score (nSPS) is 26.9. The smallest absolute Gasteiger partial charge is 0.0697 e. The zero-order chi connectivity index (χ0) is 13.3. The molecule has 1 N–H and O–H groups in total. The molecule has 1 saturated heterocycles. The molecular formula is C16H22BrNO. The molecule has 2 atom stereocenters. The monoisotopic (exact) mass is 323 g/mol. The van der Waals surface area contributed by atoms with E-state index in [-0.39, 0.29) is 5.60 Å². The van der Waals surface area contributed by atoms with Crippen molar-refractivity contribution in [2.24, 2.45) is 0 Å². The molecule has 1 aliphatic heterocycles. The van der Waals surface area contributed by atoms with Gasteiger partial charge in [0.05, 0.1) is 5.60 Å². The van der Waals surface area contributed by atoms with Crippen LogP contribution in [0.15, 0.2) is 28.7 Å². The molecule has 1 unspecified atom stereocenters. The van der Waals surface area contributed by atoms with Gasteiger partial charge < -0.3 is 10.1 Å². The Morgan fingerprint density at radius 3 is 2.95 bits per heavy atom. The predicted molar refractivity (Wildman–Crippen MR) is 81.2 cm³/mol. The molecule has 0 radical (unpaired) electrons. The molecule has 1 aromatic carbocycles. The maximum absolute atomic E-state index is 5.99. The van der Waals surface area contributed by atoms with Crippen LogP contribution in [-0.4, -0.2) is 18.2 Å². The van der Waals surface area contributed by atoms with E-state index in [4.69, 9.17) is 4.74 Å². The first-order valence-corrected chi connectivity index (χ1v) is 8.12. The van der Waals surface area contributed by atoms with Crippen LogP contribution < -0.4 is 5.32 Å². The highest BCUT2D eigenvalue weighted by molar-refractivity contribution is 9.10. The summed E-state index contributed by atoms with van der Waals surface area (Å²) in [5.74, 6) is 0. The van der Waals surface area contributed by atoms with Crippen LogP contribution in [0.1, 0.15) is 50.6 Å². The minimum absolute atomic E-state index is 0.229. The molecule has 3 heteroatoms. The third-order valence-electron chi connectivity index (χ3n) is 4.59. The molecule has 104 valence electrons. The molecule has 1 spiro atoms. The highest BCUT2D eigenvalue weighted by Gasteiger charge is 2.42. The standard InChI is InChI=1S/C16H22BrNO/c1-12(13-4-2-5-14(17)10-13)18-15-6-9-19-16(11-15)7-3-8-16/h2,4-5,10,12,15,18H,3,6-9,11H2,1H3/t12-,15?/m1/s1. The summed E-state index contributed by atoms with van der Waals surface area (Å²) in [5, 5.41) is 3.78. The van der Waals surface area contributed by atoms with Crippen LogP contribution in [0.25, 0.3) is 0 Å². The van der Waals surface area contributed by atoms with Gasteiger partial charge in [0.15, 0.2) is 0 Å². The molecule has 1 aliphatic carbocycles. The van der Waals surface area contributed by atoms with Gasteiger partial charge in [-0.3, -0.25) is 0 Å². The fraction of sp³-hybridized carbons (Fsp3) is 0.625. The van der Waals surface area contributed by atoms with E-state index >= 15 is 0 Å². The average Bonchev–Trinajstić information content (AvgIpc) is 2.37. The van der Waals surface area contributed by atoms with Gasteiger partial charge in [0.1, 0.15) is 0 Å². The molecule has 3 rings (SSSR count). The third kappa shape index (κ3) is 3.04. The Labute approximate surface area is 124 Å². The number of halogens is 1. The number of hydrogen-bond acceptors (Lipinski definition) is 2. The Hall–Kier alpha value is -0.380. The minimum atomic E-state index is 0.229. The predicted octanol–water partition coefficient (Wildman–Crippen LogP) is 4.20. The number of ether oxygens (including phenoxy) is 1. The van der Waals surface area contributed by atoms with E-state index in [0.717, 1.165) is 17.5 Å². The van der Waals surface area contributed by atoms with Crippen molar-refractivity contribution >= 4 is 15.9 Å². The van der Waals surface area contributed by atoms with Crippen molar-refractivity contribution in [3.8, 4) is 0 Å². The van der Waals surface area contributed by atoms with Crippen molar-refractivity contribution in [2.45, 2.75) is 56.7 Å². The molecule has 19 heavy (non-hydrogen) atoms. The summed E-state index contributed by atoms with van der Waals surface area (Å²) < 4.78 is 7.14. The van der Waals surface area contributed by atoms with E-state index in [0.29, 0.717) is 12.1 Å². The SMILES string of the molecule is C[C@@H](NC1CCOC2(CCC2)C1)c1cccc(Br)c1. The lowest BCUT2D eigenvalue weighted by Crippen LogP contribution is -2.51. The lowest BCUT2D eigenvalue weighted by Gasteiger charge is -2.47. The van der Waals surface area contributed by atoms with Crippen molar-refractivity contribution in [2.75, 3.05) is 6.61 Å². The van der Waals surface area contributed by atoms with Crippen LogP contribution in [-0.2, 0) is 4.74 Å². The lowest BCUT2D eigenvalue weighted by molar-refractivity contribution is -0.136. The van der Waals surface area contributed by atoms with Crippen LogP contribution >= 0.6 is 15.9 Å². The lowest BCUT2D eigenvalue weighted by atomic mass is 9.74. The quantitative estimate of drug-likeness (QED) is 0.900. The Kier molecular flexibility index (Phi) is 3.97. The Morgan fingerprint density at radius 1 is 1.42 bits per heavy atom. The number of rotatable bonds is 3. The molecule has 0 amide bonds. The van der Waals surface area contributed by atoms with Crippen molar-refractivity contribution < 1.29 is 4.74 Å². The van der Waals surface area contributed by atoms with Gasteiger partial charge in [-0.2, -0.15) is 0 Å². The summed E-state index contributed by atoms with van der Waals surface area (Å²) >= 11 is 3.55. The van der Waals surface area contributed by atoms with E-state index in [9.17, 15) is 0 Å². The largest absolute Gasteiger partial charge is 0.375 e. The van der Waals surface area contributed by atoms with Gasteiger partial charge in [-0.25, -0.2) is 0 Å². The molecule has 2 nitrogen and oxygen atoms in total. The van der Waals surface area contributed by atoms with Gasteiger partial charge >= 0.3 is 0 Å². The second-order valence-electron chi connectivity index (χ2n) is 6.02. The van der Waals surface area contributed by atoms with Crippen LogP contribution in [0.4, 0.5) is 0 Å². The van der Waals surface area contributed by atoms with Crippen molar-refractivity contribution in [3.05, 3.63) is 34.3 Å². The Morgan fingerprint density at radius 2 is 2.26 bits per heavy atom. The third-order valence-corrected chi connectivity index (χ3v) is 5.09. The fourth-order valence-electron chi connectivity index (χ4n) is 3.32. The van der Waals surface area contributed by atoms with E-state index < -0.39 is 0 Å². The fourth-order valence-corrected chi connectivity index (χ4v) is 3.73. The van der Waals surface area contributed by atoms with Crippen LogP contribution in [0.2, 0.25) is 0 Å². The van der Waals surface area contributed by atoms with E-state index in [2.05, 4.69) is 52.4 Å². The zero-order valence-corrected chi connectivity index (χ0v) is 13.1. The summed E-state index contributed by atoms with van der Waals surface area (Å²) in [4.78, 5) is 0. The summed E-state index contributed by atoms with van der Waals surface area (Å²) in [6, 6.07) is 9.58. The Bertz CT molecular complexity index is 444. The van der Waals surface area contributed by atoms with Gasteiger partial charge in [-0.1, -0.05) is 28.1 Å². The van der Waals surface area contributed by atoms with Gasteiger partial charge in [-0.15, -0.1) is 0 Å². The molecule has 1 saturated carbocycles. The second-order valence-corrected chi connectivity index (χ2v) is 6.93. The summed E-state index contributed by atoms with van der Waals surface area (Å²) in [6.07, 6.45) is 6.19. The van der Waals surface area contributed by atoms with Crippen LogP contribution in [0.5, 0.6) is 0 Å². The number of hydrogen-bond donors (Lipinski definition) is 1. The number of benzene rings is 1.